The fourth-order valence-electron chi connectivity index (χ4n) is 3.64. The Bertz CT molecular complexity index is 1090. The van der Waals surface area contributed by atoms with E-state index in [-0.39, 0.29) is 29.1 Å². The van der Waals surface area contributed by atoms with Crippen LogP contribution in [0.3, 0.4) is 0 Å². The van der Waals surface area contributed by atoms with Gasteiger partial charge in [0.15, 0.2) is 0 Å². The van der Waals surface area contributed by atoms with Crippen LogP contribution in [0.4, 0.5) is 4.79 Å². The van der Waals surface area contributed by atoms with Gasteiger partial charge in [0.05, 0.1) is 21.4 Å². The Labute approximate surface area is 188 Å². The second-order valence-electron chi connectivity index (χ2n) is 7.45. The Morgan fingerprint density at radius 1 is 1.19 bits per heavy atom. The first-order valence-electron chi connectivity index (χ1n) is 9.68. The molecule has 1 fully saturated rings. The van der Waals surface area contributed by atoms with Gasteiger partial charge in [-0.2, -0.15) is 4.98 Å². The van der Waals surface area contributed by atoms with Crippen molar-refractivity contribution in [3.8, 4) is 11.4 Å². The summed E-state index contributed by atoms with van der Waals surface area (Å²) in [6, 6.07) is 4.57. The highest BCUT2D eigenvalue weighted by Gasteiger charge is 2.30. The zero-order chi connectivity index (χ0) is 22.1. The highest BCUT2D eigenvalue weighted by Crippen LogP contribution is 2.34. The van der Waals surface area contributed by atoms with E-state index in [1.165, 1.54) is 0 Å². The van der Waals surface area contributed by atoms with Crippen LogP contribution in [0.5, 0.6) is 0 Å². The topological polar surface area (TPSA) is 135 Å². The van der Waals surface area contributed by atoms with Crippen molar-refractivity contribution in [3.05, 3.63) is 57.8 Å². The Morgan fingerprint density at radius 3 is 2.65 bits per heavy atom. The zero-order valence-electron chi connectivity index (χ0n) is 16.4. The number of rotatable bonds is 4. The molecule has 4 rings (SSSR count). The molecule has 1 aliphatic carbocycles. The molecule has 1 aromatic heterocycles. The summed E-state index contributed by atoms with van der Waals surface area (Å²) in [5, 5.41) is 12.7. The molecule has 0 atom stereocenters. The third-order valence-electron chi connectivity index (χ3n) is 5.36. The van der Waals surface area contributed by atoms with Crippen molar-refractivity contribution in [3.63, 3.8) is 0 Å². The molecule has 0 unspecified atom stereocenters. The summed E-state index contributed by atoms with van der Waals surface area (Å²) in [6.45, 7) is 3.63. The number of benzene rings is 1. The number of carbonyl (C=O) groups excluding carboxylic acids is 2. The Kier molecular flexibility index (Phi) is 5.88. The predicted octanol–water partition coefficient (Wildman–Crippen LogP) is 3.18. The summed E-state index contributed by atoms with van der Waals surface area (Å²) >= 11 is 12.0. The maximum absolute atomic E-state index is 12.5. The van der Waals surface area contributed by atoms with Gasteiger partial charge in [-0.1, -0.05) is 34.9 Å². The zero-order valence-corrected chi connectivity index (χ0v) is 17.9. The predicted molar refractivity (Wildman–Crippen MR) is 115 cm³/mol. The molecule has 1 aromatic carbocycles. The first-order chi connectivity index (χ1) is 14.8. The standard InChI is InChI=1S/C20H20Cl2N6O3/c1-9-15(23)16(26-20(30)24-9)18(29)25-12-5-2-10(3-6-12)19-27-17(28-31-19)11-4-7-13(21)14(22)8-11/h4,7-8,10,12H,1-3,5-6,23H2,(H,25,29)(H2,24,26,30). The Hall–Kier alpha value is -3.04. The van der Waals surface area contributed by atoms with Crippen molar-refractivity contribution in [2.75, 3.05) is 0 Å². The van der Waals surface area contributed by atoms with Crippen LogP contribution in [-0.4, -0.2) is 28.1 Å². The fourth-order valence-corrected chi connectivity index (χ4v) is 3.94. The average molecular weight is 463 g/mol. The number of amides is 3. The van der Waals surface area contributed by atoms with Crippen LogP contribution in [0.2, 0.25) is 10.0 Å². The maximum Gasteiger partial charge on any atom is 0.323 e. The summed E-state index contributed by atoms with van der Waals surface area (Å²) in [7, 11) is 0. The van der Waals surface area contributed by atoms with Gasteiger partial charge in [-0.25, -0.2) is 4.79 Å². The van der Waals surface area contributed by atoms with E-state index < -0.39 is 11.9 Å². The number of halogens is 2. The van der Waals surface area contributed by atoms with E-state index in [0.29, 0.717) is 21.8 Å². The molecule has 162 valence electrons. The second-order valence-corrected chi connectivity index (χ2v) is 8.27. The van der Waals surface area contributed by atoms with E-state index in [9.17, 15) is 9.59 Å². The van der Waals surface area contributed by atoms with Gasteiger partial charge >= 0.3 is 6.03 Å². The Morgan fingerprint density at radius 2 is 1.94 bits per heavy atom. The van der Waals surface area contributed by atoms with Crippen LogP contribution < -0.4 is 21.7 Å². The van der Waals surface area contributed by atoms with Gasteiger partial charge < -0.3 is 26.2 Å². The number of aromatic nitrogens is 2. The number of nitrogens with two attached hydrogens (primary N) is 1. The molecule has 1 saturated carbocycles. The molecule has 5 N–H and O–H groups in total. The van der Waals surface area contributed by atoms with Crippen molar-refractivity contribution < 1.29 is 14.1 Å². The normalized spacial score (nSPS) is 21.5. The summed E-state index contributed by atoms with van der Waals surface area (Å²) in [4.78, 5) is 28.6. The molecule has 0 bridgehead atoms. The lowest BCUT2D eigenvalue weighted by Crippen LogP contribution is -2.49. The van der Waals surface area contributed by atoms with Crippen LogP contribution in [0.15, 0.2) is 46.4 Å². The summed E-state index contributed by atoms with van der Waals surface area (Å²) in [6.07, 6.45) is 2.98. The minimum Gasteiger partial charge on any atom is -0.395 e. The van der Waals surface area contributed by atoms with Crippen LogP contribution >= 0.6 is 23.2 Å². The second kappa shape index (κ2) is 8.60. The lowest BCUT2D eigenvalue weighted by Gasteiger charge is -2.28. The van der Waals surface area contributed by atoms with E-state index in [0.717, 1.165) is 31.2 Å². The van der Waals surface area contributed by atoms with Crippen LogP contribution in [0.25, 0.3) is 11.4 Å². The van der Waals surface area contributed by atoms with Crippen LogP contribution in [0, 0.1) is 0 Å². The first-order valence-corrected chi connectivity index (χ1v) is 10.4. The highest BCUT2D eigenvalue weighted by molar-refractivity contribution is 6.42. The summed E-state index contributed by atoms with van der Waals surface area (Å²) in [5.74, 6) is 0.671. The molecule has 2 aliphatic rings. The number of carbonyl (C=O) groups is 2. The SMILES string of the molecule is C=C1NC(=O)NC(C(=O)NC2CCC(c3nc(-c4ccc(Cl)c(Cl)c4)no3)CC2)=C1N. The fraction of sp³-hybridized carbons (Fsp3) is 0.300. The minimum atomic E-state index is -0.540. The summed E-state index contributed by atoms with van der Waals surface area (Å²) in [5.41, 5.74) is 6.91. The number of hydrogen-bond acceptors (Lipinski definition) is 6. The number of nitrogens with one attached hydrogen (secondary N) is 3. The van der Waals surface area contributed by atoms with E-state index in [2.05, 4.69) is 32.7 Å². The van der Waals surface area contributed by atoms with Crippen LogP contribution in [0.1, 0.15) is 37.5 Å². The van der Waals surface area contributed by atoms with Crippen molar-refractivity contribution in [1.82, 2.24) is 26.1 Å². The minimum absolute atomic E-state index is 0.0130. The van der Waals surface area contributed by atoms with Gasteiger partial charge in [0.1, 0.15) is 5.70 Å². The van der Waals surface area contributed by atoms with Gasteiger partial charge in [-0.15, -0.1) is 0 Å². The first kappa shape index (κ1) is 21.2. The number of nitrogens with zero attached hydrogens (tertiary/aromatic N) is 2. The monoisotopic (exact) mass is 462 g/mol. The van der Waals surface area contributed by atoms with Gasteiger partial charge in [-0.05, 0) is 43.9 Å². The molecule has 2 heterocycles. The van der Waals surface area contributed by atoms with Crippen molar-refractivity contribution >= 4 is 35.1 Å². The molecule has 9 nitrogen and oxygen atoms in total. The third-order valence-corrected chi connectivity index (χ3v) is 6.09. The third kappa shape index (κ3) is 4.52. The van der Waals surface area contributed by atoms with Crippen molar-refractivity contribution in [2.45, 2.75) is 37.6 Å². The van der Waals surface area contributed by atoms with Gasteiger partial charge in [0.25, 0.3) is 5.91 Å². The molecule has 31 heavy (non-hydrogen) atoms. The Balaban J connectivity index is 1.36. The molecule has 1 aliphatic heterocycles. The number of hydrogen-bond donors (Lipinski definition) is 4. The lowest BCUT2D eigenvalue weighted by molar-refractivity contribution is -0.118. The molecule has 0 saturated heterocycles. The average Bonchev–Trinajstić information content (AvgIpc) is 3.23. The van der Waals surface area contributed by atoms with E-state index >= 15 is 0 Å². The maximum atomic E-state index is 12.5. The van der Waals surface area contributed by atoms with E-state index in [1.807, 2.05) is 0 Å². The molecular weight excluding hydrogens is 443 g/mol. The van der Waals surface area contributed by atoms with Gasteiger partial charge in [0.2, 0.25) is 11.7 Å². The highest BCUT2D eigenvalue weighted by atomic mass is 35.5. The molecule has 11 heteroatoms. The quantitative estimate of drug-likeness (QED) is 0.550. The van der Waals surface area contributed by atoms with E-state index in [1.54, 1.807) is 18.2 Å². The largest absolute Gasteiger partial charge is 0.395 e. The number of urea groups is 1. The molecule has 0 spiro atoms. The molecule has 0 radical (unpaired) electrons. The summed E-state index contributed by atoms with van der Waals surface area (Å²) < 4.78 is 5.47. The molecule has 2 aromatic rings. The van der Waals surface area contributed by atoms with Gasteiger partial charge in [-0.3, -0.25) is 4.79 Å². The lowest BCUT2D eigenvalue weighted by atomic mass is 9.86. The van der Waals surface area contributed by atoms with E-state index in [4.69, 9.17) is 33.5 Å². The van der Waals surface area contributed by atoms with Crippen LogP contribution in [-0.2, 0) is 4.79 Å². The molecular formula is C20H20Cl2N6O3. The van der Waals surface area contributed by atoms with Crippen molar-refractivity contribution in [1.29, 1.82) is 0 Å². The van der Waals surface area contributed by atoms with Crippen molar-refractivity contribution in [2.24, 2.45) is 5.73 Å². The van der Waals surface area contributed by atoms with Gasteiger partial charge in [0, 0.05) is 17.5 Å². The molecule has 3 amide bonds. The smallest absolute Gasteiger partial charge is 0.323 e.